The second-order valence-corrected chi connectivity index (χ2v) is 7.23. The number of thioether (sulfide) groups is 1. The summed E-state index contributed by atoms with van der Waals surface area (Å²) >= 11 is 1.40. The Balaban J connectivity index is 1.74. The molecule has 0 saturated carbocycles. The van der Waals surface area contributed by atoms with E-state index in [-0.39, 0.29) is 18.2 Å². The molecule has 134 valence electrons. The fraction of sp³-hybridized carbons (Fsp3) is 0.250. The summed E-state index contributed by atoms with van der Waals surface area (Å²) in [6.45, 7) is 4.03. The summed E-state index contributed by atoms with van der Waals surface area (Å²) in [6.07, 6.45) is 0.164. The van der Waals surface area contributed by atoms with Crippen LogP contribution >= 0.6 is 11.8 Å². The number of carbonyl (C=O) groups is 3. The lowest BCUT2D eigenvalue weighted by Gasteiger charge is -2.15. The number of nitrogens with zero attached hydrogens (tertiary/aromatic N) is 1. The minimum absolute atomic E-state index is 0.164. The molecule has 26 heavy (non-hydrogen) atoms. The van der Waals surface area contributed by atoms with Gasteiger partial charge in [-0.2, -0.15) is 0 Å². The summed E-state index contributed by atoms with van der Waals surface area (Å²) in [4.78, 5) is 38.9. The first kappa shape index (κ1) is 18.2. The van der Waals surface area contributed by atoms with Gasteiger partial charge in [-0.15, -0.1) is 11.8 Å². The van der Waals surface area contributed by atoms with Crippen LogP contribution in [0.4, 0.5) is 5.69 Å². The predicted molar refractivity (Wildman–Crippen MR) is 100 cm³/mol. The lowest BCUT2D eigenvalue weighted by Crippen LogP contribution is -2.31. The molecule has 1 aliphatic heterocycles. The standard InChI is InChI=1S/C20H19NO4S/c1-3-25-20(24)14-6-8-15(9-7-14)21-18(22)12-17(19(21)23)26-16-10-4-13(2)5-11-16/h4-11,17H,3,12H2,1-2H3/t17-/m0/s1. The van der Waals surface area contributed by atoms with Gasteiger partial charge in [0.1, 0.15) is 0 Å². The Labute approximate surface area is 156 Å². The van der Waals surface area contributed by atoms with Gasteiger partial charge in [0.25, 0.3) is 0 Å². The smallest absolute Gasteiger partial charge is 0.338 e. The second-order valence-electron chi connectivity index (χ2n) is 5.96. The first-order chi connectivity index (χ1) is 12.5. The van der Waals surface area contributed by atoms with Crippen LogP contribution in [0.15, 0.2) is 53.4 Å². The van der Waals surface area contributed by atoms with Gasteiger partial charge in [-0.3, -0.25) is 9.59 Å². The van der Waals surface area contributed by atoms with Gasteiger partial charge in [-0.25, -0.2) is 9.69 Å². The van der Waals surface area contributed by atoms with Crippen molar-refractivity contribution in [1.29, 1.82) is 0 Å². The van der Waals surface area contributed by atoms with Crippen LogP contribution in [-0.4, -0.2) is 29.6 Å². The zero-order valence-electron chi connectivity index (χ0n) is 14.6. The molecule has 3 rings (SSSR count). The van der Waals surface area contributed by atoms with E-state index in [0.29, 0.717) is 17.9 Å². The molecule has 1 aliphatic rings. The van der Waals surface area contributed by atoms with Gasteiger partial charge in [-0.1, -0.05) is 17.7 Å². The van der Waals surface area contributed by atoms with E-state index in [1.54, 1.807) is 31.2 Å². The number of benzene rings is 2. The van der Waals surface area contributed by atoms with Gasteiger partial charge < -0.3 is 4.74 Å². The molecular weight excluding hydrogens is 350 g/mol. The number of hydrogen-bond acceptors (Lipinski definition) is 5. The maximum absolute atomic E-state index is 12.7. The number of ether oxygens (including phenoxy) is 1. The third-order valence-corrected chi connectivity index (χ3v) is 5.24. The van der Waals surface area contributed by atoms with Crippen LogP contribution in [0.1, 0.15) is 29.3 Å². The average Bonchev–Trinajstić information content (AvgIpc) is 2.91. The molecule has 1 saturated heterocycles. The summed E-state index contributed by atoms with van der Waals surface area (Å²) in [7, 11) is 0. The molecule has 1 atom stereocenters. The van der Waals surface area contributed by atoms with E-state index >= 15 is 0 Å². The van der Waals surface area contributed by atoms with Gasteiger partial charge in [0.05, 0.1) is 23.1 Å². The quantitative estimate of drug-likeness (QED) is 0.595. The predicted octanol–water partition coefficient (Wildman–Crippen LogP) is 3.60. The van der Waals surface area contributed by atoms with Crippen molar-refractivity contribution >= 4 is 35.2 Å². The lowest BCUT2D eigenvalue weighted by molar-refractivity contribution is -0.121. The summed E-state index contributed by atoms with van der Waals surface area (Å²) < 4.78 is 4.94. The second kappa shape index (κ2) is 7.74. The van der Waals surface area contributed by atoms with E-state index in [9.17, 15) is 14.4 Å². The zero-order chi connectivity index (χ0) is 18.7. The van der Waals surface area contributed by atoms with Gasteiger partial charge in [0.15, 0.2) is 0 Å². The Morgan fingerprint density at radius 3 is 2.38 bits per heavy atom. The van der Waals surface area contributed by atoms with Crippen LogP contribution < -0.4 is 4.90 Å². The van der Waals surface area contributed by atoms with Gasteiger partial charge in [0, 0.05) is 11.3 Å². The zero-order valence-corrected chi connectivity index (χ0v) is 15.4. The molecule has 6 heteroatoms. The maximum atomic E-state index is 12.7. The molecule has 0 aliphatic carbocycles. The third kappa shape index (κ3) is 3.80. The number of amides is 2. The lowest BCUT2D eigenvalue weighted by atomic mass is 10.2. The molecule has 0 bridgehead atoms. The van der Waals surface area contributed by atoms with Crippen LogP contribution in [0, 0.1) is 6.92 Å². The molecule has 0 aromatic heterocycles. The van der Waals surface area contributed by atoms with Crippen LogP contribution in [0.2, 0.25) is 0 Å². The normalized spacial score (nSPS) is 16.8. The molecule has 0 spiro atoms. The largest absolute Gasteiger partial charge is 0.462 e. The number of esters is 1. The van der Waals surface area contributed by atoms with Crippen molar-refractivity contribution in [1.82, 2.24) is 0 Å². The average molecular weight is 369 g/mol. The molecular formula is C20H19NO4S. The highest BCUT2D eigenvalue weighted by Gasteiger charge is 2.40. The topological polar surface area (TPSA) is 63.7 Å². The minimum atomic E-state index is -0.435. The Hall–Kier alpha value is -2.60. The van der Waals surface area contributed by atoms with Gasteiger partial charge >= 0.3 is 5.97 Å². The monoisotopic (exact) mass is 369 g/mol. The third-order valence-electron chi connectivity index (χ3n) is 4.04. The number of rotatable bonds is 5. The SMILES string of the molecule is CCOC(=O)c1ccc(N2C(=O)C[C@H](Sc3ccc(C)cc3)C2=O)cc1. The molecule has 1 heterocycles. The van der Waals surface area contributed by atoms with E-state index in [1.807, 2.05) is 31.2 Å². The van der Waals surface area contributed by atoms with Crippen molar-refractivity contribution in [3.05, 3.63) is 59.7 Å². The van der Waals surface area contributed by atoms with Crippen molar-refractivity contribution in [2.45, 2.75) is 30.4 Å². The Kier molecular flexibility index (Phi) is 5.42. The van der Waals surface area contributed by atoms with Crippen LogP contribution in [-0.2, 0) is 14.3 Å². The molecule has 0 N–H and O–H groups in total. The highest BCUT2D eigenvalue weighted by Crippen LogP contribution is 2.34. The number of aryl methyl sites for hydroxylation is 1. The van der Waals surface area contributed by atoms with E-state index in [4.69, 9.17) is 4.74 Å². The first-order valence-corrected chi connectivity index (χ1v) is 9.25. The Morgan fingerprint density at radius 2 is 1.77 bits per heavy atom. The Morgan fingerprint density at radius 1 is 1.12 bits per heavy atom. The maximum Gasteiger partial charge on any atom is 0.338 e. The van der Waals surface area contributed by atoms with Crippen molar-refractivity contribution in [2.75, 3.05) is 11.5 Å². The van der Waals surface area contributed by atoms with E-state index in [2.05, 4.69) is 0 Å². The molecule has 5 nitrogen and oxygen atoms in total. The number of anilines is 1. The molecule has 0 unspecified atom stereocenters. The minimum Gasteiger partial charge on any atom is -0.462 e. The molecule has 2 amide bonds. The van der Waals surface area contributed by atoms with E-state index in [0.717, 1.165) is 10.5 Å². The van der Waals surface area contributed by atoms with Crippen LogP contribution in [0.5, 0.6) is 0 Å². The molecule has 1 fully saturated rings. The summed E-state index contributed by atoms with van der Waals surface area (Å²) in [5.74, 6) is -0.890. The van der Waals surface area contributed by atoms with Gasteiger partial charge in [-0.05, 0) is 50.2 Å². The number of hydrogen-bond donors (Lipinski definition) is 0. The molecule has 0 radical (unpaired) electrons. The highest BCUT2D eigenvalue weighted by atomic mass is 32.2. The van der Waals surface area contributed by atoms with E-state index in [1.165, 1.54) is 16.7 Å². The number of carbonyl (C=O) groups excluding carboxylic acids is 3. The van der Waals surface area contributed by atoms with Crippen LogP contribution in [0.25, 0.3) is 0 Å². The fourth-order valence-corrected chi connectivity index (χ4v) is 3.76. The number of imide groups is 1. The first-order valence-electron chi connectivity index (χ1n) is 8.37. The summed E-state index contributed by atoms with van der Waals surface area (Å²) in [5.41, 5.74) is 2.01. The van der Waals surface area contributed by atoms with E-state index < -0.39 is 11.2 Å². The fourth-order valence-electron chi connectivity index (χ4n) is 2.71. The molecule has 2 aromatic rings. The van der Waals surface area contributed by atoms with Crippen LogP contribution in [0.3, 0.4) is 0 Å². The highest BCUT2D eigenvalue weighted by molar-refractivity contribution is 8.00. The van der Waals surface area contributed by atoms with Crippen molar-refractivity contribution in [3.63, 3.8) is 0 Å². The molecule has 2 aromatic carbocycles. The van der Waals surface area contributed by atoms with Crippen molar-refractivity contribution in [2.24, 2.45) is 0 Å². The Bertz CT molecular complexity index is 830. The van der Waals surface area contributed by atoms with Crippen molar-refractivity contribution in [3.8, 4) is 0 Å². The summed E-state index contributed by atoms with van der Waals surface area (Å²) in [5, 5.41) is -0.435. The van der Waals surface area contributed by atoms with Crippen molar-refractivity contribution < 1.29 is 19.1 Å². The summed E-state index contributed by atoms with van der Waals surface area (Å²) in [6, 6.07) is 14.2. The van der Waals surface area contributed by atoms with Gasteiger partial charge in [0.2, 0.25) is 11.8 Å².